The smallest absolute Gasteiger partial charge is 0.343 e. The van der Waals surface area contributed by atoms with Gasteiger partial charge in [-0.3, -0.25) is 0 Å². The van der Waals surface area contributed by atoms with Crippen LogP contribution in [0.3, 0.4) is 0 Å². The van der Waals surface area contributed by atoms with E-state index in [-0.39, 0.29) is 29.5 Å². The van der Waals surface area contributed by atoms with Gasteiger partial charge in [-0.15, -0.1) is 0 Å². The van der Waals surface area contributed by atoms with Gasteiger partial charge in [0.1, 0.15) is 11.5 Å². The van der Waals surface area contributed by atoms with Crippen molar-refractivity contribution in [1.82, 2.24) is 0 Å². The fourth-order valence-electron chi connectivity index (χ4n) is 5.89. The molecule has 6 heteroatoms. The number of esters is 2. The Bertz CT molecular complexity index is 1010. The van der Waals surface area contributed by atoms with Crippen LogP contribution in [0.2, 0.25) is 0 Å². The zero-order valence-corrected chi connectivity index (χ0v) is 20.2. The molecule has 0 unspecified atom stereocenters. The molecule has 0 aromatic heterocycles. The number of carbonyl (C=O) groups excluding carboxylic acids is 2. The van der Waals surface area contributed by atoms with Crippen LogP contribution in [0.4, 0.5) is 0 Å². The molecule has 0 amide bonds. The highest BCUT2D eigenvalue weighted by Crippen LogP contribution is 2.63. The monoisotopic (exact) mass is 452 g/mol. The molecule has 0 radical (unpaired) electrons. The molecule has 4 rings (SSSR count). The second-order valence-corrected chi connectivity index (χ2v) is 10.3. The van der Waals surface area contributed by atoms with Gasteiger partial charge in [0.05, 0.1) is 14.2 Å². The number of hydrogen-bond donors (Lipinski definition) is 0. The highest BCUT2D eigenvalue weighted by molar-refractivity contribution is 5.71. The lowest BCUT2D eigenvalue weighted by Gasteiger charge is -2.30. The SMILES string of the molecule is COC(=O)COc1ccc2c(c1)C1(CC2(C)C)CC(C)(C)c2ccc(OCC(=O)OC)cc21. The van der Waals surface area contributed by atoms with Crippen molar-refractivity contribution < 1.29 is 28.5 Å². The number of rotatable bonds is 6. The molecule has 2 aromatic rings. The summed E-state index contributed by atoms with van der Waals surface area (Å²) in [6.45, 7) is 8.85. The third kappa shape index (κ3) is 3.96. The number of methoxy groups -OCH3 is 2. The Morgan fingerprint density at radius 1 is 0.697 bits per heavy atom. The summed E-state index contributed by atoms with van der Waals surface area (Å²) < 4.78 is 20.9. The molecule has 2 aliphatic rings. The number of hydrogen-bond acceptors (Lipinski definition) is 6. The third-order valence-electron chi connectivity index (χ3n) is 7.13. The van der Waals surface area contributed by atoms with E-state index in [1.54, 1.807) is 0 Å². The Morgan fingerprint density at radius 3 is 1.45 bits per heavy atom. The van der Waals surface area contributed by atoms with Crippen LogP contribution in [0.15, 0.2) is 36.4 Å². The molecular formula is C27H32O6. The van der Waals surface area contributed by atoms with Crippen LogP contribution in [-0.2, 0) is 35.3 Å². The van der Waals surface area contributed by atoms with Crippen molar-refractivity contribution in [3.8, 4) is 11.5 Å². The van der Waals surface area contributed by atoms with Crippen molar-refractivity contribution in [3.05, 3.63) is 58.7 Å². The lowest BCUT2D eigenvalue weighted by atomic mass is 9.72. The number of ether oxygens (including phenoxy) is 4. The summed E-state index contributed by atoms with van der Waals surface area (Å²) >= 11 is 0. The van der Waals surface area contributed by atoms with Crippen LogP contribution >= 0.6 is 0 Å². The van der Waals surface area contributed by atoms with Crippen LogP contribution in [-0.4, -0.2) is 39.4 Å². The Morgan fingerprint density at radius 2 is 1.09 bits per heavy atom. The summed E-state index contributed by atoms with van der Waals surface area (Å²) in [5.74, 6) is 0.483. The molecule has 0 saturated carbocycles. The maximum Gasteiger partial charge on any atom is 0.343 e. The molecule has 0 N–H and O–H groups in total. The maximum atomic E-state index is 11.6. The minimum Gasteiger partial charge on any atom is -0.482 e. The lowest BCUT2D eigenvalue weighted by molar-refractivity contribution is -0.143. The first kappa shape index (κ1) is 23.1. The van der Waals surface area contributed by atoms with Gasteiger partial charge >= 0.3 is 11.9 Å². The molecular weight excluding hydrogens is 420 g/mol. The Balaban J connectivity index is 1.79. The van der Waals surface area contributed by atoms with Crippen LogP contribution < -0.4 is 9.47 Å². The molecule has 0 heterocycles. The van der Waals surface area contributed by atoms with Gasteiger partial charge in [0.25, 0.3) is 0 Å². The standard InChI is InChI=1S/C27H32O6/c1-25(2)15-27(21-11-17(7-9-19(21)25)32-13-23(28)30-5)16-26(3,4)20-10-8-18(12-22(20)27)33-14-24(29)31-6/h7-12H,13-16H2,1-6H3. The van der Waals surface area contributed by atoms with Crippen LogP contribution in [0.5, 0.6) is 11.5 Å². The van der Waals surface area contributed by atoms with Crippen molar-refractivity contribution >= 4 is 11.9 Å². The van der Waals surface area contributed by atoms with Gasteiger partial charge in [-0.05, 0) is 70.2 Å². The fraction of sp³-hybridized carbons (Fsp3) is 0.481. The Hall–Kier alpha value is -3.02. The van der Waals surface area contributed by atoms with E-state index in [2.05, 4.69) is 52.0 Å². The summed E-state index contributed by atoms with van der Waals surface area (Å²) in [5.41, 5.74) is 4.76. The van der Waals surface area contributed by atoms with Crippen molar-refractivity contribution in [2.45, 2.75) is 56.8 Å². The van der Waals surface area contributed by atoms with Gasteiger partial charge in [0.2, 0.25) is 0 Å². The summed E-state index contributed by atoms with van der Waals surface area (Å²) in [5, 5.41) is 0. The Kier molecular flexibility index (Phi) is 5.67. The van der Waals surface area contributed by atoms with Crippen LogP contribution in [0.1, 0.15) is 62.8 Å². The summed E-state index contributed by atoms with van der Waals surface area (Å²) in [4.78, 5) is 23.2. The first-order chi connectivity index (χ1) is 15.5. The molecule has 2 aliphatic carbocycles. The van der Waals surface area contributed by atoms with Gasteiger partial charge in [-0.2, -0.15) is 0 Å². The second kappa shape index (κ2) is 8.08. The van der Waals surface area contributed by atoms with Gasteiger partial charge in [-0.25, -0.2) is 9.59 Å². The zero-order chi connectivity index (χ0) is 24.0. The van der Waals surface area contributed by atoms with Crippen molar-refractivity contribution in [1.29, 1.82) is 0 Å². The first-order valence-electron chi connectivity index (χ1n) is 11.2. The van der Waals surface area contributed by atoms with E-state index in [9.17, 15) is 9.59 Å². The van der Waals surface area contributed by atoms with Gasteiger partial charge in [-0.1, -0.05) is 39.8 Å². The van der Waals surface area contributed by atoms with E-state index >= 15 is 0 Å². The second-order valence-electron chi connectivity index (χ2n) is 10.3. The number of carbonyl (C=O) groups is 2. The summed E-state index contributed by atoms with van der Waals surface area (Å²) in [7, 11) is 2.70. The molecule has 0 fully saturated rings. The van der Waals surface area contributed by atoms with Crippen LogP contribution in [0, 0.1) is 0 Å². The van der Waals surface area contributed by atoms with Gasteiger partial charge < -0.3 is 18.9 Å². The number of fused-ring (bicyclic) bond motifs is 4. The van der Waals surface area contributed by atoms with E-state index in [0.717, 1.165) is 12.8 Å². The van der Waals surface area contributed by atoms with Crippen LogP contribution in [0.25, 0.3) is 0 Å². The van der Waals surface area contributed by atoms with E-state index in [1.165, 1.54) is 36.5 Å². The molecule has 0 bridgehead atoms. The molecule has 176 valence electrons. The van der Waals surface area contributed by atoms with Crippen molar-refractivity contribution in [3.63, 3.8) is 0 Å². The average Bonchev–Trinajstić information content (AvgIpc) is 3.15. The highest BCUT2D eigenvalue weighted by atomic mass is 16.6. The fourth-order valence-corrected chi connectivity index (χ4v) is 5.89. The van der Waals surface area contributed by atoms with Gasteiger partial charge in [0, 0.05) is 5.41 Å². The predicted molar refractivity (Wildman–Crippen MR) is 124 cm³/mol. The maximum absolute atomic E-state index is 11.6. The first-order valence-corrected chi connectivity index (χ1v) is 11.2. The van der Waals surface area contributed by atoms with Crippen molar-refractivity contribution in [2.75, 3.05) is 27.4 Å². The average molecular weight is 453 g/mol. The van der Waals surface area contributed by atoms with Gasteiger partial charge in [0.15, 0.2) is 13.2 Å². The zero-order valence-electron chi connectivity index (χ0n) is 20.2. The molecule has 0 atom stereocenters. The minimum atomic E-state index is -0.412. The highest BCUT2D eigenvalue weighted by Gasteiger charge is 2.56. The third-order valence-corrected chi connectivity index (χ3v) is 7.13. The van der Waals surface area contributed by atoms with Crippen molar-refractivity contribution in [2.24, 2.45) is 0 Å². The lowest BCUT2D eigenvalue weighted by Crippen LogP contribution is -2.27. The Labute approximate surface area is 195 Å². The minimum absolute atomic E-state index is 0.0310. The normalized spacial score (nSPS) is 18.4. The number of benzene rings is 2. The van der Waals surface area contributed by atoms with E-state index in [4.69, 9.17) is 18.9 Å². The summed E-state index contributed by atoms with van der Waals surface area (Å²) in [6, 6.07) is 12.3. The van der Waals surface area contributed by atoms with E-state index in [0.29, 0.717) is 11.5 Å². The summed E-state index contributed by atoms with van der Waals surface area (Å²) in [6.07, 6.45) is 1.90. The quantitative estimate of drug-likeness (QED) is 0.604. The van der Waals surface area contributed by atoms with E-state index in [1.807, 2.05) is 12.1 Å². The molecule has 0 aliphatic heterocycles. The molecule has 6 nitrogen and oxygen atoms in total. The molecule has 1 spiro atoms. The predicted octanol–water partition coefficient (Wildman–Crippen LogP) is 4.44. The largest absolute Gasteiger partial charge is 0.482 e. The molecule has 2 aromatic carbocycles. The topological polar surface area (TPSA) is 71.1 Å². The van der Waals surface area contributed by atoms with E-state index < -0.39 is 11.9 Å². The molecule has 0 saturated heterocycles. The molecule has 33 heavy (non-hydrogen) atoms.